The van der Waals surface area contributed by atoms with E-state index in [0.717, 1.165) is 128 Å². The predicted octanol–water partition coefficient (Wildman–Crippen LogP) is 20.0. The zero-order chi connectivity index (χ0) is 58.3. The third-order valence-corrected chi connectivity index (χ3v) is 15.1. The van der Waals surface area contributed by atoms with Crippen LogP contribution in [0.3, 0.4) is 0 Å². The van der Waals surface area contributed by atoms with Crippen molar-refractivity contribution in [1.82, 2.24) is 0 Å². The number of phosphoric acid groups is 1. The van der Waals surface area contributed by atoms with Gasteiger partial charge in [0.1, 0.15) is 12.7 Å². The first-order valence-electron chi connectivity index (χ1n) is 32.8. The summed E-state index contributed by atoms with van der Waals surface area (Å²) in [5.74, 6) is -1.48. The molecule has 3 atom stereocenters. The minimum atomic E-state index is -4.76. The molecule has 12 heteroatoms. The number of allylic oxidation sites excluding steroid dienone is 12. The molecule has 0 saturated carbocycles. The van der Waals surface area contributed by atoms with Gasteiger partial charge < -0.3 is 24.2 Å². The third kappa shape index (κ3) is 59.5. The topological polar surface area (TPSA) is 155 Å². The van der Waals surface area contributed by atoms with Crippen LogP contribution in [0, 0.1) is 0 Å². The van der Waals surface area contributed by atoms with E-state index in [4.69, 9.17) is 23.3 Å². The van der Waals surface area contributed by atoms with Crippen molar-refractivity contribution < 1.29 is 52.2 Å². The van der Waals surface area contributed by atoms with E-state index in [1.54, 1.807) is 0 Å². The number of unbranched alkanes of at least 4 members (excludes halogenated alkanes) is 32. The molecule has 3 unspecified atom stereocenters. The molecule has 0 amide bonds. The van der Waals surface area contributed by atoms with Crippen LogP contribution in [0.2, 0.25) is 0 Å². The van der Waals surface area contributed by atoms with Crippen LogP contribution >= 0.6 is 7.82 Å². The highest BCUT2D eigenvalue weighted by Gasteiger charge is 2.28. The molecule has 0 radical (unpaired) electrons. The fourth-order valence-corrected chi connectivity index (χ4v) is 9.93. The van der Waals surface area contributed by atoms with Gasteiger partial charge in [-0.1, -0.05) is 267 Å². The molecule has 464 valence electrons. The summed E-state index contributed by atoms with van der Waals surface area (Å²) in [5, 5.41) is 9.86. The Morgan fingerprint density at radius 3 is 1.02 bits per heavy atom. The molecule has 0 aliphatic rings. The number of rotatable bonds is 61. The Bertz CT molecular complexity index is 1620. The van der Waals surface area contributed by atoms with Crippen LogP contribution in [0.5, 0.6) is 0 Å². The zero-order valence-electron chi connectivity index (χ0n) is 51.5. The zero-order valence-corrected chi connectivity index (χ0v) is 52.4. The Balaban J connectivity index is 4.70. The molecule has 80 heavy (non-hydrogen) atoms. The molecule has 11 nitrogen and oxygen atoms in total. The van der Waals surface area contributed by atoms with Crippen molar-refractivity contribution in [2.45, 2.75) is 315 Å². The molecule has 0 aliphatic heterocycles. The van der Waals surface area contributed by atoms with Crippen LogP contribution in [0.25, 0.3) is 0 Å². The van der Waals surface area contributed by atoms with Gasteiger partial charge in [-0.05, 0) is 89.9 Å². The Morgan fingerprint density at radius 1 is 0.362 bits per heavy atom. The second-order valence-electron chi connectivity index (χ2n) is 21.9. The van der Waals surface area contributed by atoms with E-state index < -0.39 is 57.8 Å². The van der Waals surface area contributed by atoms with Crippen molar-refractivity contribution in [3.63, 3.8) is 0 Å². The van der Waals surface area contributed by atoms with Crippen molar-refractivity contribution in [1.29, 1.82) is 0 Å². The lowest BCUT2D eigenvalue weighted by Crippen LogP contribution is -2.30. The largest absolute Gasteiger partial charge is 0.472 e. The van der Waals surface area contributed by atoms with Crippen molar-refractivity contribution in [2.75, 3.05) is 26.4 Å². The van der Waals surface area contributed by atoms with Gasteiger partial charge in [0.2, 0.25) is 0 Å². The maximum atomic E-state index is 13.0. The predicted molar refractivity (Wildman–Crippen MR) is 335 cm³/mol. The second-order valence-corrected chi connectivity index (χ2v) is 23.4. The first-order chi connectivity index (χ1) is 39.2. The number of phosphoric ester groups is 1. The molecule has 0 aliphatic carbocycles. The summed E-state index contributed by atoms with van der Waals surface area (Å²) in [6.07, 6.45) is 71.3. The lowest BCUT2D eigenvalue weighted by molar-refractivity contribution is -0.161. The third-order valence-electron chi connectivity index (χ3n) is 14.1. The van der Waals surface area contributed by atoms with Gasteiger partial charge in [-0.3, -0.25) is 23.4 Å². The van der Waals surface area contributed by atoms with E-state index in [0.29, 0.717) is 19.3 Å². The van der Waals surface area contributed by atoms with Gasteiger partial charge in [-0.2, -0.15) is 0 Å². The quantitative estimate of drug-likeness (QED) is 0.0197. The van der Waals surface area contributed by atoms with E-state index in [9.17, 15) is 28.9 Å². The minimum absolute atomic E-state index is 0.153. The van der Waals surface area contributed by atoms with Crippen LogP contribution in [0.4, 0.5) is 0 Å². The molecule has 0 aromatic carbocycles. The molecule has 2 N–H and O–H groups in total. The summed E-state index contributed by atoms with van der Waals surface area (Å²) in [5.41, 5.74) is 0. The van der Waals surface area contributed by atoms with Crippen LogP contribution in [-0.2, 0) is 42.2 Å². The van der Waals surface area contributed by atoms with Gasteiger partial charge in [0.25, 0.3) is 0 Å². The highest BCUT2D eigenvalue weighted by Crippen LogP contribution is 2.43. The number of aliphatic hydroxyl groups excluding tert-OH is 1. The Morgan fingerprint density at radius 2 is 0.650 bits per heavy atom. The number of ether oxygens (including phenoxy) is 3. The van der Waals surface area contributed by atoms with Crippen molar-refractivity contribution >= 4 is 25.7 Å². The second kappa shape index (κ2) is 62.0. The molecule has 0 spiro atoms. The number of hydrogen-bond acceptors (Lipinski definition) is 10. The molecule has 0 aromatic heterocycles. The fraction of sp³-hybridized carbons (Fsp3) is 0.779. The van der Waals surface area contributed by atoms with Crippen molar-refractivity contribution in [2.24, 2.45) is 0 Å². The first-order valence-corrected chi connectivity index (χ1v) is 34.3. The van der Waals surface area contributed by atoms with E-state index in [-0.39, 0.29) is 25.9 Å². The maximum Gasteiger partial charge on any atom is 0.472 e. The van der Waals surface area contributed by atoms with Gasteiger partial charge in [0, 0.05) is 19.3 Å². The summed E-state index contributed by atoms with van der Waals surface area (Å²) in [6, 6.07) is 0. The monoisotopic (exact) mass is 1140 g/mol. The molecular formula is C68H121O11P. The molecule has 0 fully saturated rings. The number of hydrogen-bond donors (Lipinski definition) is 2. The summed E-state index contributed by atoms with van der Waals surface area (Å²) in [6.45, 7) is 4.54. The number of carbonyl (C=O) groups is 3. The maximum absolute atomic E-state index is 13.0. The fourth-order valence-electron chi connectivity index (χ4n) is 9.14. The van der Waals surface area contributed by atoms with Gasteiger partial charge in [-0.15, -0.1) is 0 Å². The molecule has 0 rings (SSSR count). The first kappa shape index (κ1) is 76.9. The van der Waals surface area contributed by atoms with Crippen LogP contribution in [0.1, 0.15) is 303 Å². The number of aliphatic hydroxyl groups is 1. The molecule has 0 bridgehead atoms. The lowest BCUT2D eigenvalue weighted by atomic mass is 10.0. The summed E-state index contributed by atoms with van der Waals surface area (Å²) in [4.78, 5) is 48.8. The normalized spacial score (nSPS) is 13.7. The summed E-state index contributed by atoms with van der Waals surface area (Å²) < 4.78 is 39.7. The molecule has 0 aromatic rings. The van der Waals surface area contributed by atoms with E-state index >= 15 is 0 Å². The van der Waals surface area contributed by atoms with Crippen LogP contribution in [-0.4, -0.2) is 66.5 Å². The minimum Gasteiger partial charge on any atom is -0.462 e. The molecule has 0 saturated heterocycles. The molecular weight excluding hydrogens is 1020 g/mol. The average molecular weight is 1150 g/mol. The average Bonchev–Trinajstić information content (AvgIpc) is 3.45. The van der Waals surface area contributed by atoms with Gasteiger partial charge in [0.05, 0.1) is 19.8 Å². The standard InChI is InChI=1S/C68H121O11P/c1-4-7-10-13-16-19-22-25-28-31-32-35-36-39-42-45-48-51-54-57-66(70)75-61-65(79-68(72)59-56-53-50-47-44-41-38-34-30-27-24-21-18-15-12-9-6-3)63-77-80(73,74)76-62-64(60-69)78-67(71)58-55-52-49-46-43-40-37-33-29-26-23-20-17-14-11-8-5-2/h9,12,16,18-19,21,25,27-28,30,32,35,64-65,69H,4-8,10-11,13-15,17,20,22-24,26,29,31,33-34,36-63H2,1-3H3,(H,73,74)/b12-9-,19-16-,21-18-,28-25-,30-27-,35-32-. The van der Waals surface area contributed by atoms with Crippen LogP contribution < -0.4 is 0 Å². The van der Waals surface area contributed by atoms with Crippen LogP contribution in [0.15, 0.2) is 72.9 Å². The summed E-state index contributed by atoms with van der Waals surface area (Å²) in [7, 11) is -4.76. The summed E-state index contributed by atoms with van der Waals surface area (Å²) >= 11 is 0. The van der Waals surface area contributed by atoms with Gasteiger partial charge in [0.15, 0.2) is 6.10 Å². The van der Waals surface area contributed by atoms with E-state index in [1.165, 1.54) is 116 Å². The van der Waals surface area contributed by atoms with E-state index in [2.05, 4.69) is 93.7 Å². The molecule has 0 heterocycles. The highest BCUT2D eigenvalue weighted by molar-refractivity contribution is 7.47. The van der Waals surface area contributed by atoms with Crippen molar-refractivity contribution in [3.8, 4) is 0 Å². The highest BCUT2D eigenvalue weighted by atomic mass is 31.2. The Labute approximate surface area is 490 Å². The Kier molecular flexibility index (Phi) is 59.6. The SMILES string of the molecule is CC/C=C\C/C=C\C/C=C\CCCCCCCCCC(=O)OC(COC(=O)CCCCCCCC/C=C\C/C=C\C/C=C\CCCCC)COP(=O)(O)OCC(CO)OC(=O)CCCCCCCCCCCCCCCCCCC. The van der Waals surface area contributed by atoms with E-state index in [1.807, 2.05) is 0 Å². The number of esters is 3. The van der Waals surface area contributed by atoms with Gasteiger partial charge in [-0.25, -0.2) is 4.57 Å². The lowest BCUT2D eigenvalue weighted by Gasteiger charge is -2.21. The van der Waals surface area contributed by atoms with Crippen molar-refractivity contribution in [3.05, 3.63) is 72.9 Å². The smallest absolute Gasteiger partial charge is 0.462 e. The number of carbonyl (C=O) groups excluding carboxylic acids is 3. The Hall–Kier alpha value is -3.08. The van der Waals surface area contributed by atoms with Gasteiger partial charge >= 0.3 is 25.7 Å².